The van der Waals surface area contributed by atoms with Gasteiger partial charge >= 0.3 is 12.4 Å². The van der Waals surface area contributed by atoms with Crippen LogP contribution in [-0.4, -0.2) is 53.0 Å². The van der Waals surface area contributed by atoms with Gasteiger partial charge in [0, 0.05) is 5.39 Å². The molecule has 1 N–H and O–H groups in total. The Morgan fingerprint density at radius 1 is 1.05 bits per heavy atom. The molecule has 0 atom stereocenters. The van der Waals surface area contributed by atoms with Gasteiger partial charge in [0.15, 0.2) is 0 Å². The summed E-state index contributed by atoms with van der Waals surface area (Å²) >= 11 is 0.517. The highest BCUT2D eigenvalue weighted by molar-refractivity contribution is 8.18. The Hall–Kier alpha value is -3.86. The van der Waals surface area contributed by atoms with Crippen LogP contribution in [0, 0.1) is 0 Å². The van der Waals surface area contributed by atoms with Gasteiger partial charge in [-0.2, -0.15) is 31.4 Å². The molecule has 2 heterocycles. The lowest BCUT2D eigenvalue weighted by Crippen LogP contribution is -2.41. The molecule has 212 valence electrons. The number of amides is 3. The Bertz CT molecular complexity index is 1680. The predicted molar refractivity (Wildman–Crippen MR) is 131 cm³/mol. The van der Waals surface area contributed by atoms with E-state index in [1.54, 1.807) is 4.72 Å². The summed E-state index contributed by atoms with van der Waals surface area (Å²) in [5.41, 5.74) is -2.56. The number of nitrogens with one attached hydrogen (secondary N) is 1. The Morgan fingerprint density at radius 3 is 2.38 bits per heavy atom. The van der Waals surface area contributed by atoms with Crippen LogP contribution in [-0.2, 0) is 38.5 Å². The van der Waals surface area contributed by atoms with Crippen molar-refractivity contribution in [1.82, 2.24) is 19.4 Å². The van der Waals surface area contributed by atoms with Crippen molar-refractivity contribution in [1.29, 1.82) is 0 Å². The fourth-order valence-corrected chi connectivity index (χ4v) is 5.12. The Kier molecular flexibility index (Phi) is 7.48. The van der Waals surface area contributed by atoms with Crippen molar-refractivity contribution < 1.29 is 49.1 Å². The van der Waals surface area contributed by atoms with Gasteiger partial charge in [-0.1, -0.05) is 12.1 Å². The highest BCUT2D eigenvalue weighted by atomic mass is 32.2. The second-order valence-electron chi connectivity index (χ2n) is 8.55. The number of carbonyl (C=O) groups is 3. The molecule has 1 saturated heterocycles. The van der Waals surface area contributed by atoms with Crippen molar-refractivity contribution in [2.24, 2.45) is 0 Å². The van der Waals surface area contributed by atoms with E-state index >= 15 is 0 Å². The average molecular weight is 607 g/mol. The van der Waals surface area contributed by atoms with Crippen LogP contribution in [0.1, 0.15) is 22.3 Å². The van der Waals surface area contributed by atoms with Gasteiger partial charge in [0.1, 0.15) is 6.54 Å². The van der Waals surface area contributed by atoms with Crippen molar-refractivity contribution >= 4 is 55.8 Å². The fraction of sp³-hybridized carbons (Fsp3) is 0.217. The number of imide groups is 1. The van der Waals surface area contributed by atoms with Crippen LogP contribution in [0.4, 0.5) is 31.1 Å². The average Bonchev–Trinajstić information content (AvgIpc) is 3.32. The standard InChI is InChI=1S/C23H16F6N4O5S2/c1-40(37,38)31-19(34)11-32-20(35)18(39-21(32)36)7-12-2-5-17-14(6-12)9-30-33(17)10-13-3-4-15(22(24,25)26)8-16(13)23(27,28)29/h2-9H,10-11H2,1H3,(H,31,34)/b18-7-. The van der Waals surface area contributed by atoms with Crippen LogP contribution < -0.4 is 4.72 Å². The molecule has 3 aromatic rings. The quantitative estimate of drug-likeness (QED) is 0.330. The van der Waals surface area contributed by atoms with Crippen LogP contribution >= 0.6 is 11.8 Å². The molecule has 0 bridgehead atoms. The van der Waals surface area contributed by atoms with Crippen LogP contribution in [0.3, 0.4) is 0 Å². The lowest BCUT2D eigenvalue weighted by Gasteiger charge is -2.16. The summed E-state index contributed by atoms with van der Waals surface area (Å²) in [6.07, 6.45) is -6.62. The van der Waals surface area contributed by atoms with Crippen molar-refractivity contribution in [3.8, 4) is 0 Å². The fourth-order valence-electron chi connectivity index (χ4n) is 3.81. The molecule has 1 aromatic heterocycles. The van der Waals surface area contributed by atoms with Crippen LogP contribution in [0.25, 0.3) is 17.0 Å². The van der Waals surface area contributed by atoms with E-state index in [0.717, 1.165) is 12.3 Å². The maximum Gasteiger partial charge on any atom is 0.416 e. The molecule has 2 aromatic carbocycles. The zero-order valence-corrected chi connectivity index (χ0v) is 21.6. The van der Waals surface area contributed by atoms with Gasteiger partial charge in [-0.25, -0.2) is 8.42 Å². The molecule has 9 nitrogen and oxygen atoms in total. The number of carbonyl (C=O) groups excluding carboxylic acids is 3. The summed E-state index contributed by atoms with van der Waals surface area (Å²) in [6.45, 7) is -1.30. The second kappa shape index (κ2) is 10.3. The summed E-state index contributed by atoms with van der Waals surface area (Å²) in [5.74, 6) is -1.92. The Morgan fingerprint density at radius 2 is 1.75 bits per heavy atom. The largest absolute Gasteiger partial charge is 0.416 e. The number of halogens is 6. The third-order valence-electron chi connectivity index (χ3n) is 5.50. The zero-order chi connectivity index (χ0) is 29.6. The molecule has 4 rings (SSSR count). The summed E-state index contributed by atoms with van der Waals surface area (Å²) in [5, 5.41) is 3.65. The van der Waals surface area contributed by atoms with Crippen molar-refractivity contribution in [2.45, 2.75) is 18.9 Å². The number of fused-ring (bicyclic) bond motifs is 1. The number of benzene rings is 2. The normalized spacial score (nSPS) is 15.9. The highest BCUT2D eigenvalue weighted by Gasteiger charge is 2.39. The van der Waals surface area contributed by atoms with Crippen molar-refractivity contribution in [3.63, 3.8) is 0 Å². The predicted octanol–water partition coefficient (Wildman–Crippen LogP) is 4.23. The van der Waals surface area contributed by atoms with E-state index in [1.165, 1.54) is 35.2 Å². The molecule has 0 aliphatic carbocycles. The summed E-state index contributed by atoms with van der Waals surface area (Å²) < 4.78 is 105. The summed E-state index contributed by atoms with van der Waals surface area (Å²) in [6, 6.07) is 5.82. The molecular weight excluding hydrogens is 590 g/mol. The molecule has 0 radical (unpaired) electrons. The highest BCUT2D eigenvalue weighted by Crippen LogP contribution is 2.38. The minimum absolute atomic E-state index is 0.0526. The maximum atomic E-state index is 13.5. The zero-order valence-electron chi connectivity index (χ0n) is 20.0. The Labute approximate surface area is 225 Å². The van der Waals surface area contributed by atoms with E-state index in [-0.39, 0.29) is 11.0 Å². The maximum absolute atomic E-state index is 13.5. The van der Waals surface area contributed by atoms with Gasteiger partial charge in [0.25, 0.3) is 17.1 Å². The van der Waals surface area contributed by atoms with Gasteiger partial charge in [0.05, 0.1) is 40.5 Å². The minimum Gasteiger partial charge on any atom is -0.272 e. The van der Waals surface area contributed by atoms with Crippen molar-refractivity contribution in [2.75, 3.05) is 12.8 Å². The first kappa shape index (κ1) is 29.1. The first-order valence-electron chi connectivity index (χ1n) is 10.9. The van der Waals surface area contributed by atoms with Crippen molar-refractivity contribution in [3.05, 3.63) is 69.8 Å². The molecule has 1 aliphatic rings. The second-order valence-corrected chi connectivity index (χ2v) is 11.3. The summed E-state index contributed by atoms with van der Waals surface area (Å²) in [7, 11) is -3.90. The van der Waals surface area contributed by atoms with E-state index in [1.807, 2.05) is 0 Å². The molecule has 0 spiro atoms. The van der Waals surface area contributed by atoms with Gasteiger partial charge in [-0.3, -0.25) is 28.7 Å². The van der Waals surface area contributed by atoms with Crippen LogP contribution in [0.5, 0.6) is 0 Å². The monoisotopic (exact) mass is 606 g/mol. The lowest BCUT2D eigenvalue weighted by molar-refractivity contribution is -0.143. The Balaban J connectivity index is 1.57. The van der Waals surface area contributed by atoms with Gasteiger partial charge < -0.3 is 0 Å². The summed E-state index contributed by atoms with van der Waals surface area (Å²) in [4.78, 5) is 37.1. The van der Waals surface area contributed by atoms with E-state index < -0.39 is 69.2 Å². The number of aromatic nitrogens is 2. The number of rotatable bonds is 6. The van der Waals surface area contributed by atoms with E-state index in [9.17, 15) is 49.1 Å². The first-order valence-corrected chi connectivity index (χ1v) is 13.6. The molecule has 3 amide bonds. The smallest absolute Gasteiger partial charge is 0.272 e. The molecule has 1 fully saturated rings. The number of sulfonamides is 1. The number of hydrogen-bond donors (Lipinski definition) is 1. The molecule has 0 unspecified atom stereocenters. The molecule has 1 aliphatic heterocycles. The number of hydrogen-bond acceptors (Lipinski definition) is 7. The van der Waals surface area contributed by atoms with Gasteiger partial charge in [-0.05, 0) is 53.2 Å². The molecule has 0 saturated carbocycles. The SMILES string of the molecule is CS(=O)(=O)NC(=O)CN1C(=O)S/C(=C\c2ccc3c(cnn3Cc3ccc(C(F)(F)F)cc3C(F)(F)F)c2)C1=O. The van der Waals surface area contributed by atoms with Crippen LogP contribution in [0.2, 0.25) is 0 Å². The topological polar surface area (TPSA) is 118 Å². The molecular formula is C23H16F6N4O5S2. The first-order chi connectivity index (χ1) is 18.4. The molecule has 40 heavy (non-hydrogen) atoms. The lowest BCUT2D eigenvalue weighted by atomic mass is 10.0. The number of alkyl halides is 6. The van der Waals surface area contributed by atoms with E-state index in [4.69, 9.17) is 0 Å². The van der Waals surface area contributed by atoms with E-state index in [0.29, 0.717) is 39.2 Å². The number of thioether (sulfide) groups is 1. The third kappa shape index (κ3) is 6.47. The third-order valence-corrected chi connectivity index (χ3v) is 7.01. The van der Waals surface area contributed by atoms with Crippen LogP contribution in [0.15, 0.2) is 47.5 Å². The molecule has 17 heteroatoms. The van der Waals surface area contributed by atoms with E-state index in [2.05, 4.69) is 5.10 Å². The minimum atomic E-state index is -5.04. The van der Waals surface area contributed by atoms with Gasteiger partial charge in [-0.15, -0.1) is 0 Å². The van der Waals surface area contributed by atoms with Gasteiger partial charge in [0.2, 0.25) is 10.0 Å². The number of nitrogens with zero attached hydrogens (tertiary/aromatic N) is 3.